The fourth-order valence-corrected chi connectivity index (χ4v) is 5.88. The third-order valence-corrected chi connectivity index (χ3v) is 8.32. The van der Waals surface area contributed by atoms with Gasteiger partial charge in [-0.25, -0.2) is 9.38 Å². The van der Waals surface area contributed by atoms with Crippen molar-refractivity contribution >= 4 is 23.7 Å². The second-order valence-electron chi connectivity index (χ2n) is 11.0. The molecule has 6 nitrogen and oxygen atoms in total. The lowest BCUT2D eigenvalue weighted by Gasteiger charge is -2.34. The Morgan fingerprint density at radius 1 is 1.34 bits per heavy atom. The van der Waals surface area contributed by atoms with Crippen LogP contribution in [0.25, 0.3) is 0 Å². The van der Waals surface area contributed by atoms with Gasteiger partial charge in [0.15, 0.2) is 0 Å². The first-order valence-corrected chi connectivity index (χ1v) is 14.4. The van der Waals surface area contributed by atoms with E-state index in [-0.39, 0.29) is 25.0 Å². The number of halogens is 2. The molecule has 0 radical (unpaired) electrons. The number of aliphatic hydroxyl groups excluding tert-OH is 1. The van der Waals surface area contributed by atoms with Crippen LogP contribution >= 0.6 is 11.6 Å². The number of carbonyl (C=O) groups is 1. The van der Waals surface area contributed by atoms with Crippen LogP contribution in [0.3, 0.4) is 0 Å². The van der Waals surface area contributed by atoms with Crippen molar-refractivity contribution in [1.29, 1.82) is 0 Å². The van der Waals surface area contributed by atoms with Crippen LogP contribution in [0.2, 0.25) is 0 Å². The predicted molar refractivity (Wildman–Crippen MR) is 150 cm³/mol. The number of aliphatic imine (C=N–C) groups is 1. The van der Waals surface area contributed by atoms with Crippen molar-refractivity contribution in [2.45, 2.75) is 64.8 Å². The maximum atomic E-state index is 14.5. The average Bonchev–Trinajstić information content (AvgIpc) is 3.67. The van der Waals surface area contributed by atoms with E-state index in [9.17, 15) is 14.3 Å². The maximum Gasteiger partial charge on any atom is 0.224 e. The molecule has 0 bridgehead atoms. The highest BCUT2D eigenvalue weighted by Crippen LogP contribution is 2.50. The second-order valence-corrected chi connectivity index (χ2v) is 11.4. The van der Waals surface area contributed by atoms with E-state index in [1.165, 1.54) is 25.3 Å². The van der Waals surface area contributed by atoms with E-state index in [0.717, 1.165) is 43.6 Å². The van der Waals surface area contributed by atoms with Crippen molar-refractivity contribution in [2.75, 3.05) is 26.3 Å². The Bertz CT molecular complexity index is 1050. The molecule has 0 aromatic heterocycles. The summed E-state index contributed by atoms with van der Waals surface area (Å²) in [6.07, 6.45) is 12.2. The minimum atomic E-state index is -0.442. The Labute approximate surface area is 231 Å². The number of aliphatic hydroxyl groups is 1. The van der Waals surface area contributed by atoms with E-state index in [4.69, 9.17) is 16.3 Å². The monoisotopic (exact) mass is 545 g/mol. The molecule has 1 amide bonds. The number of nitrogens with one attached hydrogen (secondary N) is 1. The molecule has 1 aromatic rings. The van der Waals surface area contributed by atoms with Gasteiger partial charge in [0.1, 0.15) is 17.4 Å². The van der Waals surface area contributed by atoms with Crippen molar-refractivity contribution in [3.63, 3.8) is 0 Å². The van der Waals surface area contributed by atoms with Gasteiger partial charge in [-0.1, -0.05) is 37.6 Å². The first-order valence-electron chi connectivity index (χ1n) is 14.0. The molecule has 1 saturated heterocycles. The summed E-state index contributed by atoms with van der Waals surface area (Å²) in [6.45, 7) is 6.57. The minimum Gasteiger partial charge on any atom is -0.493 e. The number of ether oxygens (including phenoxy) is 1. The molecule has 208 valence electrons. The number of nitrogens with zero attached hydrogens (tertiary/aromatic N) is 2. The molecule has 38 heavy (non-hydrogen) atoms. The quantitative estimate of drug-likeness (QED) is 0.388. The summed E-state index contributed by atoms with van der Waals surface area (Å²) in [6, 6.07) is 4.40. The number of likely N-dealkylation sites (tertiary alicyclic amines) is 1. The molecule has 0 spiro atoms. The van der Waals surface area contributed by atoms with Crippen LogP contribution in [0.1, 0.15) is 57.9 Å². The number of amides is 1. The first kappa shape index (κ1) is 28.6. The van der Waals surface area contributed by atoms with Crippen LogP contribution < -0.4 is 10.1 Å². The third kappa shape index (κ3) is 8.06. The largest absolute Gasteiger partial charge is 0.493 e. The van der Waals surface area contributed by atoms with Gasteiger partial charge in [0.25, 0.3) is 0 Å². The van der Waals surface area contributed by atoms with Crippen molar-refractivity contribution in [1.82, 2.24) is 10.2 Å². The average molecular weight is 546 g/mol. The van der Waals surface area contributed by atoms with Gasteiger partial charge in [-0.15, -0.1) is 0 Å². The zero-order chi connectivity index (χ0) is 27.1. The molecular formula is C30H41ClFN3O3. The van der Waals surface area contributed by atoms with Crippen molar-refractivity contribution in [2.24, 2.45) is 28.7 Å². The predicted octanol–water partition coefficient (Wildman–Crippen LogP) is 5.45. The zero-order valence-corrected chi connectivity index (χ0v) is 23.3. The molecule has 1 aromatic carbocycles. The van der Waals surface area contributed by atoms with Gasteiger partial charge in [0.2, 0.25) is 5.91 Å². The Balaban J connectivity index is 1.16. The summed E-state index contributed by atoms with van der Waals surface area (Å²) in [4.78, 5) is 19.1. The molecular weight excluding hydrogens is 505 g/mol. The zero-order valence-electron chi connectivity index (χ0n) is 22.5. The fourth-order valence-electron chi connectivity index (χ4n) is 5.62. The summed E-state index contributed by atoms with van der Waals surface area (Å²) in [5.41, 5.74) is 0.325. The number of rotatable bonds is 11. The topological polar surface area (TPSA) is 74.2 Å². The van der Waals surface area contributed by atoms with E-state index >= 15 is 0 Å². The number of carbonyl (C=O) groups excluding carboxylic acids is 1. The van der Waals surface area contributed by atoms with E-state index in [0.29, 0.717) is 41.2 Å². The molecule has 4 unspecified atom stereocenters. The Morgan fingerprint density at radius 3 is 2.84 bits per heavy atom. The lowest BCUT2D eigenvalue weighted by Crippen LogP contribution is -2.37. The summed E-state index contributed by atoms with van der Waals surface area (Å²) >= 11 is 6.23. The van der Waals surface area contributed by atoms with Gasteiger partial charge < -0.3 is 20.1 Å². The van der Waals surface area contributed by atoms with Gasteiger partial charge in [0, 0.05) is 25.4 Å². The van der Waals surface area contributed by atoms with Crippen LogP contribution in [-0.4, -0.2) is 54.5 Å². The summed E-state index contributed by atoms with van der Waals surface area (Å²) in [5.74, 6) is 3.42. The van der Waals surface area contributed by atoms with Gasteiger partial charge >= 0.3 is 0 Å². The number of piperidine rings is 1. The number of hydrogen-bond acceptors (Lipinski definition) is 5. The molecule has 1 aliphatic carbocycles. The van der Waals surface area contributed by atoms with E-state index < -0.39 is 5.82 Å². The number of benzene rings is 1. The van der Waals surface area contributed by atoms with E-state index in [1.807, 2.05) is 6.92 Å². The van der Waals surface area contributed by atoms with Gasteiger partial charge in [-0.2, -0.15) is 0 Å². The van der Waals surface area contributed by atoms with Crippen LogP contribution in [0, 0.1) is 29.5 Å². The fraction of sp³-hybridized carbons (Fsp3) is 0.600. The number of allylic oxidation sites excluding steroid dienone is 3. The van der Waals surface area contributed by atoms with Crippen molar-refractivity contribution in [3.05, 3.63) is 52.6 Å². The Kier molecular flexibility index (Phi) is 10.3. The molecule has 8 heteroatoms. The molecule has 3 aliphatic rings. The van der Waals surface area contributed by atoms with Gasteiger partial charge in [-0.3, -0.25) is 4.79 Å². The highest BCUT2D eigenvalue weighted by atomic mass is 35.5. The minimum absolute atomic E-state index is 0.0568. The van der Waals surface area contributed by atoms with Crippen molar-refractivity contribution in [3.8, 4) is 5.75 Å². The van der Waals surface area contributed by atoms with E-state index in [1.54, 1.807) is 18.3 Å². The van der Waals surface area contributed by atoms with Crippen LogP contribution in [0.15, 0.2) is 46.2 Å². The summed E-state index contributed by atoms with van der Waals surface area (Å²) in [7, 11) is 0. The second kappa shape index (κ2) is 13.6. The normalized spacial score (nSPS) is 24.7. The summed E-state index contributed by atoms with van der Waals surface area (Å²) < 4.78 is 20.4. The van der Waals surface area contributed by atoms with Gasteiger partial charge in [0.05, 0.1) is 30.7 Å². The van der Waals surface area contributed by atoms with Crippen LogP contribution in [0.4, 0.5) is 4.39 Å². The molecule has 2 fully saturated rings. The van der Waals surface area contributed by atoms with Crippen LogP contribution in [-0.2, 0) is 11.2 Å². The molecule has 4 rings (SSSR count). The van der Waals surface area contributed by atoms with Gasteiger partial charge in [-0.05, 0) is 79.9 Å². The van der Waals surface area contributed by atoms with Crippen molar-refractivity contribution < 1.29 is 19.0 Å². The van der Waals surface area contributed by atoms with Crippen LogP contribution in [0.5, 0.6) is 5.75 Å². The molecule has 1 saturated carbocycles. The highest BCUT2D eigenvalue weighted by molar-refractivity contribution is 6.39. The SMILES string of the molecule is CCC(CO)NC(=O)Cc1ccc(OCCC2CC2C2CCN(C3=CCC(C)C=C(Cl)C=N3)CC2)cc1F. The molecule has 4 atom stereocenters. The number of hydrogen-bond donors (Lipinski definition) is 2. The lowest BCUT2D eigenvalue weighted by atomic mass is 9.90. The first-order chi connectivity index (χ1) is 18.4. The molecule has 2 heterocycles. The summed E-state index contributed by atoms with van der Waals surface area (Å²) in [5, 5.41) is 12.6. The molecule has 2 N–H and O–H groups in total. The Hall–Kier alpha value is -2.38. The highest BCUT2D eigenvalue weighted by Gasteiger charge is 2.43. The standard InChI is InChI=1S/C30H41ClFN3O3/c1-3-25(19-36)34-30(37)16-23-5-6-26(17-28(23)32)38-13-10-22-15-27(22)21-8-11-35(12-9-21)29-7-4-20(2)14-24(31)18-33-29/h5-7,14,17-18,20-22,25,27,36H,3-4,8-13,15-16,19H2,1-2H3,(H,34,37). The smallest absolute Gasteiger partial charge is 0.224 e. The lowest BCUT2D eigenvalue weighted by molar-refractivity contribution is -0.121. The molecule has 2 aliphatic heterocycles. The Morgan fingerprint density at radius 2 is 2.13 bits per heavy atom. The van der Waals surface area contributed by atoms with E-state index in [2.05, 4.69) is 34.3 Å². The third-order valence-electron chi connectivity index (χ3n) is 8.09. The maximum absolute atomic E-state index is 14.5.